The highest BCUT2D eigenvalue weighted by Gasteiger charge is 2.42. The number of sulfonamides is 1. The van der Waals surface area contributed by atoms with E-state index in [-0.39, 0.29) is 47.9 Å². The number of carbonyl (C=O) groups is 2. The summed E-state index contributed by atoms with van der Waals surface area (Å²) < 4.78 is 38.8. The van der Waals surface area contributed by atoms with Gasteiger partial charge in [-0.3, -0.25) is 4.79 Å². The lowest BCUT2D eigenvalue weighted by molar-refractivity contribution is -0.0440. The molecule has 0 unspecified atom stereocenters. The minimum Gasteiger partial charge on any atom is -0.462 e. The molecule has 208 valence electrons. The molecule has 1 aromatic carbocycles. The van der Waals surface area contributed by atoms with Crippen LogP contribution >= 0.6 is 11.3 Å². The van der Waals surface area contributed by atoms with Gasteiger partial charge in [0.2, 0.25) is 10.0 Å². The number of morpholine rings is 1. The molecule has 0 radical (unpaired) electrons. The predicted octanol–water partition coefficient (Wildman–Crippen LogP) is 4.13. The molecule has 2 aliphatic heterocycles. The summed E-state index contributed by atoms with van der Waals surface area (Å²) in [6, 6.07) is 5.86. The number of thiophene rings is 1. The third kappa shape index (κ3) is 5.67. The fourth-order valence-corrected chi connectivity index (χ4v) is 8.31. The van der Waals surface area contributed by atoms with Crippen molar-refractivity contribution in [2.45, 2.75) is 83.1 Å². The fraction of sp³-hybridized carbons (Fsp3) is 0.556. The summed E-state index contributed by atoms with van der Waals surface area (Å²) in [4.78, 5) is 27.4. The molecular formula is C27H37N3O6S2. The predicted molar refractivity (Wildman–Crippen MR) is 147 cm³/mol. The van der Waals surface area contributed by atoms with E-state index in [0.717, 1.165) is 10.4 Å². The minimum absolute atomic E-state index is 0.115. The van der Waals surface area contributed by atoms with E-state index in [0.29, 0.717) is 17.0 Å². The van der Waals surface area contributed by atoms with Crippen LogP contribution in [0.25, 0.3) is 0 Å². The number of rotatable bonds is 6. The largest absolute Gasteiger partial charge is 0.462 e. The maximum atomic E-state index is 13.2. The van der Waals surface area contributed by atoms with Gasteiger partial charge in [-0.25, -0.2) is 13.2 Å². The Morgan fingerprint density at radius 2 is 1.74 bits per heavy atom. The van der Waals surface area contributed by atoms with Gasteiger partial charge in [0.25, 0.3) is 5.91 Å². The van der Waals surface area contributed by atoms with Crippen LogP contribution in [-0.4, -0.2) is 62.0 Å². The number of hydrogen-bond acceptors (Lipinski definition) is 8. The van der Waals surface area contributed by atoms with Crippen molar-refractivity contribution in [2.24, 2.45) is 0 Å². The van der Waals surface area contributed by atoms with Gasteiger partial charge in [0.05, 0.1) is 29.3 Å². The highest BCUT2D eigenvalue weighted by molar-refractivity contribution is 7.89. The molecule has 0 spiro atoms. The Morgan fingerprint density at radius 3 is 2.32 bits per heavy atom. The van der Waals surface area contributed by atoms with Crippen molar-refractivity contribution in [1.29, 1.82) is 0 Å². The molecule has 2 aromatic rings. The van der Waals surface area contributed by atoms with Crippen molar-refractivity contribution in [3.8, 4) is 0 Å². The summed E-state index contributed by atoms with van der Waals surface area (Å²) in [6.45, 7) is 14.5. The second-order valence-electron chi connectivity index (χ2n) is 11.2. The van der Waals surface area contributed by atoms with E-state index in [9.17, 15) is 18.0 Å². The zero-order chi connectivity index (χ0) is 28.0. The Bertz CT molecular complexity index is 1320. The van der Waals surface area contributed by atoms with E-state index in [1.54, 1.807) is 6.92 Å². The van der Waals surface area contributed by atoms with Crippen LogP contribution in [0.1, 0.15) is 79.6 Å². The molecule has 0 aliphatic carbocycles. The van der Waals surface area contributed by atoms with Crippen molar-refractivity contribution < 1.29 is 27.5 Å². The van der Waals surface area contributed by atoms with Crippen molar-refractivity contribution in [2.75, 3.05) is 25.0 Å². The number of hydrogen-bond donors (Lipinski definition) is 2. The molecule has 9 nitrogen and oxygen atoms in total. The molecule has 2 N–H and O–H groups in total. The average Bonchev–Trinajstić information content (AvgIpc) is 3.15. The third-order valence-corrected chi connectivity index (χ3v) is 10.0. The number of carbonyl (C=O) groups excluding carboxylic acids is 2. The Morgan fingerprint density at radius 1 is 1.13 bits per heavy atom. The molecule has 2 atom stereocenters. The summed E-state index contributed by atoms with van der Waals surface area (Å²) in [6.07, 6.45) is 0.210. The van der Waals surface area contributed by atoms with Crippen molar-refractivity contribution in [3.05, 3.63) is 45.8 Å². The number of esters is 1. The van der Waals surface area contributed by atoms with Gasteiger partial charge >= 0.3 is 5.97 Å². The zero-order valence-electron chi connectivity index (χ0n) is 23.0. The van der Waals surface area contributed by atoms with E-state index in [1.165, 1.54) is 39.9 Å². The lowest BCUT2D eigenvalue weighted by Crippen LogP contribution is -2.55. The molecule has 1 saturated heterocycles. The number of amides is 1. The Kier molecular flexibility index (Phi) is 7.81. The van der Waals surface area contributed by atoms with Crippen LogP contribution in [0, 0.1) is 0 Å². The number of fused-ring (bicyclic) bond motifs is 1. The Hall–Kier alpha value is -2.31. The quantitative estimate of drug-likeness (QED) is 0.508. The second kappa shape index (κ2) is 10.3. The average molecular weight is 564 g/mol. The topological polar surface area (TPSA) is 114 Å². The van der Waals surface area contributed by atoms with Crippen molar-refractivity contribution >= 4 is 38.2 Å². The van der Waals surface area contributed by atoms with Gasteiger partial charge in [0, 0.05) is 34.6 Å². The van der Waals surface area contributed by atoms with Crippen LogP contribution in [0.15, 0.2) is 29.2 Å². The number of ether oxygens (including phenoxy) is 2. The molecule has 38 heavy (non-hydrogen) atoms. The lowest BCUT2D eigenvalue weighted by Gasteiger charge is -2.42. The first-order valence-corrected chi connectivity index (χ1v) is 15.1. The highest BCUT2D eigenvalue weighted by Crippen LogP contribution is 2.45. The van der Waals surface area contributed by atoms with Gasteiger partial charge in [-0.05, 0) is 84.7 Å². The van der Waals surface area contributed by atoms with Gasteiger partial charge in [-0.15, -0.1) is 11.3 Å². The summed E-state index contributed by atoms with van der Waals surface area (Å²) in [5, 5.41) is 6.94. The van der Waals surface area contributed by atoms with Crippen LogP contribution in [0.2, 0.25) is 0 Å². The second-order valence-corrected chi connectivity index (χ2v) is 14.2. The minimum atomic E-state index is -3.72. The molecule has 1 amide bonds. The molecular weight excluding hydrogens is 526 g/mol. The van der Waals surface area contributed by atoms with Gasteiger partial charge in [0.15, 0.2) is 0 Å². The Balaban J connectivity index is 1.61. The van der Waals surface area contributed by atoms with Crippen LogP contribution in [0.3, 0.4) is 0 Å². The molecule has 0 bridgehead atoms. The van der Waals surface area contributed by atoms with Crippen LogP contribution in [0.5, 0.6) is 0 Å². The molecule has 1 fully saturated rings. The van der Waals surface area contributed by atoms with Gasteiger partial charge in [0.1, 0.15) is 5.00 Å². The van der Waals surface area contributed by atoms with Crippen molar-refractivity contribution in [1.82, 2.24) is 9.62 Å². The number of anilines is 1. The van der Waals surface area contributed by atoms with E-state index < -0.39 is 27.4 Å². The van der Waals surface area contributed by atoms with Gasteiger partial charge in [-0.2, -0.15) is 4.31 Å². The maximum Gasteiger partial charge on any atom is 0.341 e. The van der Waals surface area contributed by atoms with Crippen LogP contribution in [0.4, 0.5) is 5.00 Å². The number of benzene rings is 1. The summed E-state index contributed by atoms with van der Waals surface area (Å²) in [7, 11) is -3.72. The van der Waals surface area contributed by atoms with Gasteiger partial charge in [-0.1, -0.05) is 0 Å². The fourth-order valence-electron chi connectivity index (χ4n) is 5.46. The third-order valence-electron chi connectivity index (χ3n) is 6.69. The van der Waals surface area contributed by atoms with Crippen molar-refractivity contribution in [3.63, 3.8) is 0 Å². The van der Waals surface area contributed by atoms with E-state index in [2.05, 4.69) is 38.3 Å². The highest BCUT2D eigenvalue weighted by atomic mass is 32.2. The number of nitrogens with one attached hydrogen (secondary N) is 2. The molecule has 11 heteroatoms. The summed E-state index contributed by atoms with van der Waals surface area (Å²) in [5.74, 6) is -0.902. The first-order valence-electron chi connectivity index (χ1n) is 12.8. The lowest BCUT2D eigenvalue weighted by atomic mass is 9.81. The molecule has 1 aromatic heterocycles. The van der Waals surface area contributed by atoms with E-state index in [4.69, 9.17) is 9.47 Å². The molecule has 3 heterocycles. The smallest absolute Gasteiger partial charge is 0.341 e. The molecule has 2 aliphatic rings. The monoisotopic (exact) mass is 563 g/mol. The molecule has 4 rings (SSSR count). The van der Waals surface area contributed by atoms with Crippen LogP contribution in [-0.2, 0) is 31.5 Å². The normalized spacial score (nSPS) is 22.9. The maximum absolute atomic E-state index is 13.2. The zero-order valence-corrected chi connectivity index (χ0v) is 24.6. The first-order chi connectivity index (χ1) is 17.6. The standard InChI is InChI=1S/C27H37N3O6S2/c1-8-35-25(32)21-20-13-26(4,5)29-27(6,7)22(20)37-24(21)28-23(31)18-9-11-19(12-10-18)38(33,34)30-14-16(2)36-17(3)15-30/h9-12,16-17,29H,8,13-15H2,1-7H3,(H,28,31)/t16-,17-/m1/s1. The SMILES string of the molecule is CCOC(=O)c1c(NC(=O)c2ccc(S(=O)(=O)N3C[C@@H](C)O[C@H](C)C3)cc2)sc2c1CC(C)(C)NC2(C)C. The van der Waals surface area contributed by atoms with Crippen LogP contribution < -0.4 is 10.6 Å². The first kappa shape index (κ1) is 28.7. The Labute approximate surface area is 228 Å². The summed E-state index contributed by atoms with van der Waals surface area (Å²) in [5.41, 5.74) is 0.894. The summed E-state index contributed by atoms with van der Waals surface area (Å²) >= 11 is 1.36. The molecule has 0 saturated carbocycles. The van der Waals surface area contributed by atoms with E-state index >= 15 is 0 Å². The number of nitrogens with zero attached hydrogens (tertiary/aromatic N) is 1. The van der Waals surface area contributed by atoms with E-state index in [1.807, 2.05) is 13.8 Å². The van der Waals surface area contributed by atoms with Gasteiger partial charge < -0.3 is 20.1 Å².